The summed E-state index contributed by atoms with van der Waals surface area (Å²) < 4.78 is 1.56. The Balaban J connectivity index is 1.76. The van der Waals surface area contributed by atoms with Crippen LogP contribution in [-0.4, -0.2) is 15.7 Å². The first-order valence-corrected chi connectivity index (χ1v) is 8.98. The van der Waals surface area contributed by atoms with Crippen molar-refractivity contribution in [1.29, 1.82) is 5.26 Å². The number of halogens is 2. The van der Waals surface area contributed by atoms with E-state index in [1.54, 1.807) is 35.9 Å². The van der Waals surface area contributed by atoms with Gasteiger partial charge in [0.05, 0.1) is 29.4 Å². The van der Waals surface area contributed by atoms with Crippen molar-refractivity contribution in [2.24, 2.45) is 0 Å². The van der Waals surface area contributed by atoms with Gasteiger partial charge in [0, 0.05) is 11.6 Å². The van der Waals surface area contributed by atoms with E-state index in [4.69, 9.17) is 28.5 Å². The Morgan fingerprint density at radius 1 is 1.22 bits per heavy atom. The minimum Gasteiger partial charge on any atom is -0.348 e. The van der Waals surface area contributed by atoms with Gasteiger partial charge >= 0.3 is 0 Å². The van der Waals surface area contributed by atoms with E-state index in [0.29, 0.717) is 34.9 Å². The summed E-state index contributed by atoms with van der Waals surface area (Å²) in [6.45, 7) is 2.40. The Kier molecular flexibility index (Phi) is 5.80. The van der Waals surface area contributed by atoms with E-state index in [0.717, 1.165) is 11.1 Å². The molecule has 136 valence electrons. The van der Waals surface area contributed by atoms with Crippen LogP contribution in [0.5, 0.6) is 0 Å². The largest absolute Gasteiger partial charge is 0.348 e. The predicted molar refractivity (Wildman–Crippen MR) is 105 cm³/mol. The number of carbonyl (C=O) groups is 1. The molecule has 0 atom stereocenters. The molecule has 0 fully saturated rings. The Morgan fingerprint density at radius 2 is 2.00 bits per heavy atom. The molecule has 0 radical (unpaired) electrons. The summed E-state index contributed by atoms with van der Waals surface area (Å²) in [5, 5.41) is 17.0. The highest BCUT2D eigenvalue weighted by Crippen LogP contribution is 2.23. The lowest BCUT2D eigenvalue weighted by atomic mass is 10.1. The van der Waals surface area contributed by atoms with Crippen LogP contribution < -0.4 is 5.32 Å². The van der Waals surface area contributed by atoms with Crippen molar-refractivity contribution < 1.29 is 4.79 Å². The van der Waals surface area contributed by atoms with Crippen LogP contribution in [0, 0.1) is 18.3 Å². The highest BCUT2D eigenvalue weighted by atomic mass is 35.5. The van der Waals surface area contributed by atoms with Crippen molar-refractivity contribution in [3.05, 3.63) is 86.7 Å². The van der Waals surface area contributed by atoms with Crippen LogP contribution in [0.4, 0.5) is 0 Å². The SMILES string of the molecule is Cc1nn(Cc2ccccc2Cl)c(Cl)c1C(=O)NCc1cccc(C#N)c1. The third-order valence-corrected chi connectivity index (χ3v) is 4.83. The number of hydrogen-bond acceptors (Lipinski definition) is 3. The molecule has 0 aliphatic heterocycles. The van der Waals surface area contributed by atoms with E-state index < -0.39 is 0 Å². The maximum Gasteiger partial charge on any atom is 0.256 e. The second-order valence-electron chi connectivity index (χ2n) is 6.00. The fourth-order valence-corrected chi connectivity index (χ4v) is 3.24. The number of nitrogens with one attached hydrogen (secondary N) is 1. The van der Waals surface area contributed by atoms with E-state index in [9.17, 15) is 4.79 Å². The Bertz CT molecular complexity index is 1040. The van der Waals surface area contributed by atoms with Gasteiger partial charge in [0.15, 0.2) is 0 Å². The number of benzene rings is 2. The van der Waals surface area contributed by atoms with Crippen molar-refractivity contribution in [1.82, 2.24) is 15.1 Å². The van der Waals surface area contributed by atoms with E-state index in [1.807, 2.05) is 24.3 Å². The van der Waals surface area contributed by atoms with Crippen molar-refractivity contribution in [3.63, 3.8) is 0 Å². The summed E-state index contributed by atoms with van der Waals surface area (Å²) in [5.41, 5.74) is 3.11. The first kappa shape index (κ1) is 19.0. The topological polar surface area (TPSA) is 70.7 Å². The molecule has 5 nitrogen and oxygen atoms in total. The zero-order valence-electron chi connectivity index (χ0n) is 14.5. The van der Waals surface area contributed by atoms with Gasteiger partial charge in [-0.3, -0.25) is 4.79 Å². The molecule has 2 aromatic carbocycles. The van der Waals surface area contributed by atoms with Gasteiger partial charge in [-0.25, -0.2) is 4.68 Å². The number of rotatable bonds is 5. The first-order valence-electron chi connectivity index (χ1n) is 8.23. The number of aryl methyl sites for hydroxylation is 1. The molecule has 0 spiro atoms. The molecule has 1 heterocycles. The third-order valence-electron chi connectivity index (χ3n) is 4.08. The molecular weight excluding hydrogens is 383 g/mol. The lowest BCUT2D eigenvalue weighted by Gasteiger charge is -2.07. The van der Waals surface area contributed by atoms with Crippen LogP contribution in [0.15, 0.2) is 48.5 Å². The quantitative estimate of drug-likeness (QED) is 0.694. The molecule has 7 heteroatoms. The molecule has 0 aliphatic rings. The molecule has 3 aromatic rings. The van der Waals surface area contributed by atoms with Crippen molar-refractivity contribution in [3.8, 4) is 6.07 Å². The van der Waals surface area contributed by atoms with Gasteiger partial charge in [-0.2, -0.15) is 10.4 Å². The molecule has 27 heavy (non-hydrogen) atoms. The van der Waals surface area contributed by atoms with Crippen molar-refractivity contribution in [2.45, 2.75) is 20.0 Å². The van der Waals surface area contributed by atoms with E-state index in [-0.39, 0.29) is 11.1 Å². The van der Waals surface area contributed by atoms with Crippen molar-refractivity contribution in [2.75, 3.05) is 0 Å². The molecule has 0 bridgehead atoms. The molecular formula is C20H16Cl2N4O. The zero-order chi connectivity index (χ0) is 19.4. The van der Waals surface area contributed by atoms with Gasteiger partial charge in [0.2, 0.25) is 0 Å². The standard InChI is InChI=1S/C20H16Cl2N4O/c1-13-18(20(27)24-11-15-6-4-5-14(9-15)10-23)19(22)26(25-13)12-16-7-2-3-8-17(16)21/h2-9H,11-12H2,1H3,(H,24,27). The summed E-state index contributed by atoms with van der Waals surface area (Å²) in [7, 11) is 0. The van der Waals surface area contributed by atoms with Crippen LogP contribution in [0.1, 0.15) is 32.7 Å². The number of carbonyl (C=O) groups excluding carboxylic acids is 1. The molecule has 1 N–H and O–H groups in total. The number of nitrogens with zero attached hydrogens (tertiary/aromatic N) is 3. The predicted octanol–water partition coefficient (Wildman–Crippen LogP) is 4.35. The van der Waals surface area contributed by atoms with Gasteiger partial charge in [-0.15, -0.1) is 0 Å². The van der Waals surface area contributed by atoms with Gasteiger partial charge in [0.1, 0.15) is 5.15 Å². The second-order valence-corrected chi connectivity index (χ2v) is 6.76. The molecule has 1 amide bonds. The minimum atomic E-state index is -0.315. The molecule has 0 saturated heterocycles. The Labute approximate surface area is 167 Å². The number of aromatic nitrogens is 2. The van der Waals surface area contributed by atoms with Crippen LogP contribution in [0.3, 0.4) is 0 Å². The highest BCUT2D eigenvalue weighted by Gasteiger charge is 2.20. The first-order chi connectivity index (χ1) is 13.0. The maximum absolute atomic E-state index is 12.6. The van der Waals surface area contributed by atoms with E-state index in [2.05, 4.69) is 16.5 Å². The van der Waals surface area contributed by atoms with Crippen molar-refractivity contribution >= 4 is 29.1 Å². The zero-order valence-corrected chi connectivity index (χ0v) is 16.1. The maximum atomic E-state index is 12.6. The average molecular weight is 399 g/mol. The second kappa shape index (κ2) is 8.26. The van der Waals surface area contributed by atoms with E-state index >= 15 is 0 Å². The summed E-state index contributed by atoms with van der Waals surface area (Å²) in [6.07, 6.45) is 0. The van der Waals surface area contributed by atoms with Crippen LogP contribution >= 0.6 is 23.2 Å². The summed E-state index contributed by atoms with van der Waals surface area (Å²) in [5.74, 6) is -0.315. The molecule has 1 aromatic heterocycles. The number of hydrogen-bond donors (Lipinski definition) is 1. The van der Waals surface area contributed by atoms with Crippen LogP contribution in [-0.2, 0) is 13.1 Å². The Morgan fingerprint density at radius 3 is 2.74 bits per heavy atom. The van der Waals surface area contributed by atoms with Gasteiger partial charge in [0.25, 0.3) is 5.91 Å². The van der Waals surface area contributed by atoms with Crippen LogP contribution in [0.2, 0.25) is 10.2 Å². The van der Waals surface area contributed by atoms with Gasteiger partial charge in [-0.1, -0.05) is 53.5 Å². The van der Waals surface area contributed by atoms with E-state index in [1.165, 1.54) is 0 Å². The average Bonchev–Trinajstić information content (AvgIpc) is 2.95. The molecule has 3 rings (SSSR count). The number of amides is 1. The fourth-order valence-electron chi connectivity index (χ4n) is 2.73. The van der Waals surface area contributed by atoms with Gasteiger partial charge < -0.3 is 5.32 Å². The van der Waals surface area contributed by atoms with Crippen LogP contribution in [0.25, 0.3) is 0 Å². The lowest BCUT2D eigenvalue weighted by molar-refractivity contribution is 0.0950. The summed E-state index contributed by atoms with van der Waals surface area (Å²) in [4.78, 5) is 12.6. The molecule has 0 saturated carbocycles. The summed E-state index contributed by atoms with van der Waals surface area (Å²) >= 11 is 12.6. The smallest absolute Gasteiger partial charge is 0.256 e. The molecule has 0 aliphatic carbocycles. The molecule has 0 unspecified atom stereocenters. The summed E-state index contributed by atoms with van der Waals surface area (Å²) in [6, 6.07) is 16.6. The lowest BCUT2D eigenvalue weighted by Crippen LogP contribution is -2.23. The monoisotopic (exact) mass is 398 g/mol. The van der Waals surface area contributed by atoms with Gasteiger partial charge in [-0.05, 0) is 36.2 Å². The normalized spacial score (nSPS) is 10.4. The Hall–Kier alpha value is -2.81. The third kappa shape index (κ3) is 4.30. The highest BCUT2D eigenvalue weighted by molar-refractivity contribution is 6.33. The fraction of sp³-hybridized carbons (Fsp3) is 0.150. The minimum absolute atomic E-state index is 0.260. The number of nitriles is 1.